The number of nitrogen functional groups attached to an aromatic ring is 1. The van der Waals surface area contributed by atoms with E-state index < -0.39 is 52.2 Å². The lowest BCUT2D eigenvalue weighted by molar-refractivity contribution is -0.205. The minimum atomic E-state index is -0.962. The summed E-state index contributed by atoms with van der Waals surface area (Å²) in [5, 5.41) is 9.20. The van der Waals surface area contributed by atoms with Crippen LogP contribution < -0.4 is 31.9 Å². The predicted octanol–water partition coefficient (Wildman–Crippen LogP) is 16.3. The van der Waals surface area contributed by atoms with Crippen molar-refractivity contribution in [3.05, 3.63) is 274 Å². The summed E-state index contributed by atoms with van der Waals surface area (Å²) in [7, 11) is 0. The van der Waals surface area contributed by atoms with E-state index in [2.05, 4.69) is 98.6 Å². The summed E-state index contributed by atoms with van der Waals surface area (Å²) < 4.78 is 106. The number of aromatic hydroxyl groups is 1. The van der Waals surface area contributed by atoms with Gasteiger partial charge in [0.25, 0.3) is 16.7 Å². The van der Waals surface area contributed by atoms with Crippen molar-refractivity contribution in [3.63, 3.8) is 0 Å². The number of alkyl halides is 1. The molecule has 0 fully saturated rings. The van der Waals surface area contributed by atoms with Crippen LogP contribution in [0.2, 0.25) is 5.02 Å². The van der Waals surface area contributed by atoms with E-state index in [0.29, 0.717) is 54.1 Å². The van der Waals surface area contributed by atoms with Crippen molar-refractivity contribution >= 4 is 104 Å². The zero-order valence-corrected chi connectivity index (χ0v) is 63.4. The number of carbonyl (C=O) groups is 2. The molecule has 0 unspecified atom stereocenters. The molecule has 1 aliphatic heterocycles. The van der Waals surface area contributed by atoms with E-state index in [1.165, 1.54) is 34.3 Å². The Labute approximate surface area is 630 Å². The van der Waals surface area contributed by atoms with E-state index in [4.69, 9.17) is 47.9 Å². The quantitative estimate of drug-likeness (QED) is 0.0498. The predicted molar refractivity (Wildman–Crippen MR) is 391 cm³/mol. The first-order valence-electron chi connectivity index (χ1n) is 29.6. The molecule has 0 amide bonds. The van der Waals surface area contributed by atoms with E-state index in [1.54, 1.807) is 106 Å². The lowest BCUT2D eigenvalue weighted by Crippen LogP contribution is -2.34. The minimum absolute atomic E-state index is 0. The third-order valence-corrected chi connectivity index (χ3v) is 15.9. The van der Waals surface area contributed by atoms with Gasteiger partial charge in [0.05, 0.1) is 59.7 Å². The van der Waals surface area contributed by atoms with Gasteiger partial charge in [-0.25, -0.2) is 51.1 Å². The SMILES string of the molecule is C.CC(=O)CC1=CC(=O)OC(C)(C)O1.Cc1cnc(Br)cc1-n1c(C)cc(O)cc1=O.Cc1cnc(Br)cc1-n1c(C)cc(OCc2ncc(F)cc2F)c(Cl)c1=O.Cc1cnc(Br)cc1-n1c(C)cc(OCc2ncc(F)cc2F)cc1=O.Cc1cnc(Br)cc1N.Fc1cnc(CCl)c(F)c1. The highest BCUT2D eigenvalue weighted by atomic mass is 79.9. The first kappa shape index (κ1) is 84.5. The highest BCUT2D eigenvalue weighted by molar-refractivity contribution is 9.11. The Morgan fingerprint density at radius 1 is 0.544 bits per heavy atom. The first-order valence-corrected chi connectivity index (χ1v) is 33.7. The van der Waals surface area contributed by atoms with Gasteiger partial charge in [0, 0.05) is 104 Å². The maximum atomic E-state index is 13.7. The fourth-order valence-electron chi connectivity index (χ4n) is 8.88. The number of cyclic esters (lactones) is 1. The number of nitrogens with two attached hydrogens (primary N) is 1. The molecule has 10 aromatic rings. The molecule has 0 saturated heterocycles. The van der Waals surface area contributed by atoms with Crippen LogP contribution in [0.1, 0.15) is 91.0 Å². The fourth-order valence-corrected chi connectivity index (χ4v) is 10.6. The van der Waals surface area contributed by atoms with Gasteiger partial charge in [-0.05, 0) is 172 Å². The van der Waals surface area contributed by atoms with Crippen molar-refractivity contribution in [1.29, 1.82) is 0 Å². The van der Waals surface area contributed by atoms with Crippen LogP contribution >= 0.6 is 86.9 Å². The topological polar surface area (TPSA) is 274 Å². The van der Waals surface area contributed by atoms with Gasteiger partial charge in [0.2, 0.25) is 5.79 Å². The number of esters is 1. The Morgan fingerprint density at radius 3 is 1.36 bits per heavy atom. The minimum Gasteiger partial charge on any atom is -0.508 e. The second-order valence-corrected chi connectivity index (χ2v) is 26.1. The van der Waals surface area contributed by atoms with Gasteiger partial charge in [-0.15, -0.1) is 11.6 Å². The molecule has 11 rings (SSSR count). The van der Waals surface area contributed by atoms with E-state index in [0.717, 1.165) is 69.0 Å². The smallest absolute Gasteiger partial charge is 0.337 e. The highest BCUT2D eigenvalue weighted by Crippen LogP contribution is 2.29. The average Bonchev–Trinajstić information content (AvgIpc) is 0.799. The fraction of sp³-hybridized carbons (Fsp3) is 0.229. The normalized spacial score (nSPS) is 11.6. The van der Waals surface area contributed by atoms with Crippen LogP contribution in [-0.2, 0) is 38.2 Å². The van der Waals surface area contributed by atoms with Crippen molar-refractivity contribution < 1.29 is 60.0 Å². The molecule has 1 aliphatic rings. The lowest BCUT2D eigenvalue weighted by atomic mass is 10.2. The van der Waals surface area contributed by atoms with Crippen LogP contribution in [0, 0.1) is 83.4 Å². The number of halogens is 12. The zero-order valence-electron chi connectivity index (χ0n) is 55.6. The molecule has 0 aliphatic carbocycles. The largest absolute Gasteiger partial charge is 0.508 e. The number of ketones is 1. The molecule has 103 heavy (non-hydrogen) atoms. The summed E-state index contributed by atoms with van der Waals surface area (Å²) in [5.41, 5.74) is 12.7. The molecule has 0 bridgehead atoms. The van der Waals surface area contributed by atoms with Gasteiger partial charge in [0.15, 0.2) is 11.6 Å². The number of hydrogen-bond donors (Lipinski definition) is 2. The molecule has 0 spiro atoms. The number of ether oxygens (including phenoxy) is 4. The molecule has 33 heteroatoms. The van der Waals surface area contributed by atoms with Crippen LogP contribution in [0.4, 0.5) is 32.0 Å². The van der Waals surface area contributed by atoms with Gasteiger partial charge >= 0.3 is 5.97 Å². The Balaban J connectivity index is 0.000000232. The first-order chi connectivity index (χ1) is 47.9. The van der Waals surface area contributed by atoms with Crippen LogP contribution in [0.3, 0.4) is 0 Å². The number of anilines is 1. The summed E-state index contributed by atoms with van der Waals surface area (Å²) in [4.78, 5) is 86.0. The van der Waals surface area contributed by atoms with E-state index in [-0.39, 0.29) is 89.2 Å². The summed E-state index contributed by atoms with van der Waals surface area (Å²) in [6.45, 7) is 16.9. The van der Waals surface area contributed by atoms with Crippen LogP contribution in [-0.4, -0.2) is 71.2 Å². The molecule has 11 heterocycles. The maximum absolute atomic E-state index is 13.7. The Kier molecular flexibility index (Phi) is 31.5. The number of Topliss-reactive ketones (excluding diaryl/α,β-unsaturated/α-hetero) is 1. The molecule has 0 radical (unpaired) electrons. The van der Waals surface area contributed by atoms with Gasteiger partial charge in [0.1, 0.15) is 100 Å². The third kappa shape index (κ3) is 24.8. The Morgan fingerprint density at radius 2 is 0.951 bits per heavy atom. The molecule has 21 nitrogen and oxygen atoms in total. The standard InChI is InChI=1S/C18H13BrClF2N3O2.C18H14BrF2N3O2.C12H11BrN2O2.C9H12O4.C6H7BrN2.C6H4ClF2N.CH4/c1-9-6-24-16(19)5-14(9)25-10(2)3-15(17(20)18(25)26)27-8-13-12(22)4-11(21)7-23-13;1-10-7-23-17(19)6-16(10)24-11(2)3-13(5-18(24)25)26-9-15-14(21)4-12(20)8-22-15;1-7-6-14-11(13)5-10(7)15-8(2)3-9(16)4-12(15)17;1-6(10)4-7-5-8(11)13-9(2,3)12-7;1-4-3-9-6(7)2-5(4)8;7-2-6-5(9)1-4(8)3-10-6;/h3-7H,8H2,1-2H3;3-8H,9H2,1-2H3;3-6,16H,1-2H3;5H,4H2,1-3H3;2-3H,1H3,(H2,8,9);1,3H,2H2;1H4. The number of carbonyl (C=O) groups excluding carboxylic acids is 2. The average molecular weight is 1720 g/mol. The van der Waals surface area contributed by atoms with Gasteiger partial charge in [-0.3, -0.25) is 47.8 Å². The Bertz CT molecular complexity index is 4980. The summed E-state index contributed by atoms with van der Waals surface area (Å²) >= 11 is 24.5. The lowest BCUT2D eigenvalue weighted by Gasteiger charge is -2.30. The number of aromatic nitrogens is 10. The number of rotatable bonds is 12. The number of aryl methyl sites for hydroxylation is 7. The van der Waals surface area contributed by atoms with Gasteiger partial charge in [-0.1, -0.05) is 19.0 Å². The molecule has 10 aromatic heterocycles. The van der Waals surface area contributed by atoms with Gasteiger partial charge < -0.3 is 29.8 Å². The second kappa shape index (κ2) is 38.4. The van der Waals surface area contributed by atoms with E-state index in [9.17, 15) is 55.4 Å². The van der Waals surface area contributed by atoms with Crippen molar-refractivity contribution in [2.24, 2.45) is 0 Å². The van der Waals surface area contributed by atoms with Crippen LogP contribution in [0.15, 0.2) is 161 Å². The highest BCUT2D eigenvalue weighted by Gasteiger charge is 2.30. The molecule has 0 aromatic carbocycles. The van der Waals surface area contributed by atoms with Crippen LogP contribution in [0.5, 0.6) is 17.2 Å². The molecule has 3 N–H and O–H groups in total. The number of hydrogen-bond acceptors (Lipinski definition) is 18. The summed E-state index contributed by atoms with van der Waals surface area (Å²) in [6, 6.07) is 16.5. The van der Waals surface area contributed by atoms with Crippen LogP contribution in [0.25, 0.3) is 17.1 Å². The van der Waals surface area contributed by atoms with Crippen molar-refractivity contribution in [2.75, 3.05) is 5.73 Å². The summed E-state index contributed by atoms with van der Waals surface area (Å²) in [5.74, 6) is -5.36. The van der Waals surface area contributed by atoms with Gasteiger partial charge in [-0.2, -0.15) is 0 Å². The monoisotopic (exact) mass is 1720 g/mol. The molecule has 0 saturated carbocycles. The van der Waals surface area contributed by atoms with Crippen molar-refractivity contribution in [1.82, 2.24) is 48.6 Å². The number of pyridine rings is 10. The molecule has 0 atom stereocenters. The second-order valence-electron chi connectivity index (χ2n) is 22.3. The third-order valence-electron chi connectivity index (χ3n) is 13.6. The van der Waals surface area contributed by atoms with Crippen molar-refractivity contribution in [3.8, 4) is 34.3 Å². The molecule has 544 valence electrons. The molecular formula is C70H65Br4Cl2F6N11O10. The maximum Gasteiger partial charge on any atom is 0.337 e. The number of nitrogens with zero attached hydrogens (tertiary/aromatic N) is 10. The molecular weight excluding hydrogens is 1660 g/mol. The Hall–Kier alpha value is -9.14. The van der Waals surface area contributed by atoms with E-state index >= 15 is 0 Å². The summed E-state index contributed by atoms with van der Waals surface area (Å²) in [6.07, 6.45) is 10.8. The zero-order chi connectivity index (χ0) is 75.6. The van der Waals surface area contributed by atoms with Crippen molar-refractivity contribution in [2.45, 2.75) is 108 Å². The number of allylic oxidation sites excluding steroid dienone is 1. The van der Waals surface area contributed by atoms with E-state index in [1.807, 2.05) is 27.7 Å².